The Morgan fingerprint density at radius 3 is 2.65 bits per heavy atom. The molecule has 1 aromatic heterocycles. The van der Waals surface area contributed by atoms with Gasteiger partial charge in [0.2, 0.25) is 0 Å². The van der Waals surface area contributed by atoms with E-state index in [0.29, 0.717) is 59.4 Å². The number of rotatable bonds is 4. The van der Waals surface area contributed by atoms with E-state index in [9.17, 15) is 4.79 Å². The lowest BCUT2D eigenvalue weighted by atomic mass is 10.2. The molecule has 140 valence electrons. The largest absolute Gasteiger partial charge is 0.383 e. The van der Waals surface area contributed by atoms with E-state index < -0.39 is 0 Å². The first-order chi connectivity index (χ1) is 12.5. The van der Waals surface area contributed by atoms with Crippen LogP contribution in [0.2, 0.25) is 10.0 Å². The Bertz CT molecular complexity index is 820. The van der Waals surface area contributed by atoms with Gasteiger partial charge < -0.3 is 19.9 Å². The van der Waals surface area contributed by atoms with Crippen molar-refractivity contribution in [2.45, 2.75) is 0 Å². The average molecular weight is 432 g/mol. The van der Waals surface area contributed by atoms with Crippen molar-refractivity contribution in [1.29, 1.82) is 0 Å². The van der Waals surface area contributed by atoms with Crippen LogP contribution in [0.4, 0.5) is 0 Å². The minimum Gasteiger partial charge on any atom is -0.383 e. The molecule has 1 aliphatic rings. The minimum absolute atomic E-state index is 0.0368. The summed E-state index contributed by atoms with van der Waals surface area (Å²) in [6, 6.07) is 5.48. The average Bonchev–Trinajstić information content (AvgIpc) is 2.97. The highest BCUT2D eigenvalue weighted by atomic mass is 35.5. The van der Waals surface area contributed by atoms with Crippen LogP contribution in [0, 0.1) is 0 Å². The number of nitrogens with one attached hydrogen (secondary N) is 1. The SMILES string of the molecule is COCCNC(=S)N1CCN(C(=O)c2sc3cc(Cl)ccc3c2Cl)CC1. The van der Waals surface area contributed by atoms with Crippen molar-refractivity contribution in [3.63, 3.8) is 0 Å². The van der Waals surface area contributed by atoms with Crippen molar-refractivity contribution >= 4 is 67.9 Å². The Hall–Kier alpha value is -1.12. The molecule has 0 radical (unpaired) electrons. The molecule has 0 atom stereocenters. The molecular formula is C17H19Cl2N3O2S2. The second-order valence-corrected chi connectivity index (χ2v) is 8.14. The molecule has 2 aromatic rings. The zero-order valence-corrected chi connectivity index (χ0v) is 17.4. The van der Waals surface area contributed by atoms with E-state index in [1.807, 2.05) is 17.0 Å². The molecule has 0 saturated carbocycles. The third-order valence-corrected chi connectivity index (χ3v) is 6.51. The summed E-state index contributed by atoms with van der Waals surface area (Å²) < 4.78 is 5.93. The van der Waals surface area contributed by atoms with Crippen LogP contribution in [0.15, 0.2) is 18.2 Å². The second-order valence-electron chi connectivity index (χ2n) is 5.89. The van der Waals surface area contributed by atoms with Gasteiger partial charge in [0.05, 0.1) is 11.6 Å². The zero-order valence-electron chi connectivity index (χ0n) is 14.3. The number of carbonyl (C=O) groups is 1. The van der Waals surface area contributed by atoms with E-state index >= 15 is 0 Å². The first kappa shape index (κ1) is 19.6. The monoisotopic (exact) mass is 431 g/mol. The zero-order chi connectivity index (χ0) is 18.7. The molecule has 1 saturated heterocycles. The smallest absolute Gasteiger partial charge is 0.265 e. The molecule has 1 aliphatic heterocycles. The van der Waals surface area contributed by atoms with Crippen LogP contribution >= 0.6 is 46.8 Å². The summed E-state index contributed by atoms with van der Waals surface area (Å²) in [6.07, 6.45) is 0. The van der Waals surface area contributed by atoms with Gasteiger partial charge in [-0.05, 0) is 24.4 Å². The molecule has 1 fully saturated rings. The van der Waals surface area contributed by atoms with Gasteiger partial charge in [0.25, 0.3) is 5.91 Å². The van der Waals surface area contributed by atoms with Crippen LogP contribution in [-0.2, 0) is 4.74 Å². The fourth-order valence-electron chi connectivity index (χ4n) is 2.80. The number of hydrogen-bond acceptors (Lipinski definition) is 4. The van der Waals surface area contributed by atoms with Gasteiger partial charge in [-0.3, -0.25) is 4.79 Å². The van der Waals surface area contributed by atoms with E-state index in [0.717, 1.165) is 10.1 Å². The highest BCUT2D eigenvalue weighted by molar-refractivity contribution is 7.80. The van der Waals surface area contributed by atoms with Crippen molar-refractivity contribution in [3.05, 3.63) is 33.1 Å². The number of hydrogen-bond donors (Lipinski definition) is 1. The van der Waals surface area contributed by atoms with Gasteiger partial charge in [0, 0.05) is 54.9 Å². The first-order valence-corrected chi connectivity index (χ1v) is 10.2. The molecule has 0 aliphatic carbocycles. The predicted molar refractivity (Wildman–Crippen MR) is 112 cm³/mol. The summed E-state index contributed by atoms with van der Waals surface area (Å²) in [4.78, 5) is 17.4. The van der Waals surface area contributed by atoms with Gasteiger partial charge in [0.15, 0.2) is 5.11 Å². The minimum atomic E-state index is -0.0368. The number of thiocarbonyl (C=S) groups is 1. The summed E-state index contributed by atoms with van der Waals surface area (Å²) in [7, 11) is 1.65. The number of carbonyl (C=O) groups excluding carboxylic acids is 1. The third-order valence-electron chi connectivity index (χ3n) is 4.22. The number of amides is 1. The highest BCUT2D eigenvalue weighted by Crippen LogP contribution is 2.37. The van der Waals surface area contributed by atoms with Crippen molar-refractivity contribution in [1.82, 2.24) is 15.1 Å². The molecular weight excluding hydrogens is 413 g/mol. The fourth-order valence-corrected chi connectivity index (χ4v) is 4.85. The molecule has 3 rings (SSSR count). The van der Waals surface area contributed by atoms with E-state index in [1.165, 1.54) is 11.3 Å². The molecule has 5 nitrogen and oxygen atoms in total. The summed E-state index contributed by atoms with van der Waals surface area (Å²) in [5.41, 5.74) is 0. The highest BCUT2D eigenvalue weighted by Gasteiger charge is 2.26. The van der Waals surface area contributed by atoms with Gasteiger partial charge in [-0.15, -0.1) is 11.3 Å². The lowest BCUT2D eigenvalue weighted by Gasteiger charge is -2.36. The Balaban J connectivity index is 1.64. The van der Waals surface area contributed by atoms with E-state index in [1.54, 1.807) is 13.2 Å². The van der Waals surface area contributed by atoms with E-state index in [4.69, 9.17) is 40.2 Å². The maximum atomic E-state index is 12.9. The molecule has 2 heterocycles. The number of fused-ring (bicyclic) bond motifs is 1. The second kappa shape index (κ2) is 8.71. The lowest BCUT2D eigenvalue weighted by molar-refractivity contribution is 0.0696. The predicted octanol–water partition coefficient (Wildman–Crippen LogP) is 3.49. The maximum Gasteiger partial charge on any atom is 0.265 e. The number of methoxy groups -OCH3 is 1. The Labute approximate surface area is 171 Å². The van der Waals surface area contributed by atoms with Crippen LogP contribution in [-0.4, -0.2) is 67.3 Å². The standard InChI is InChI=1S/C17H19Cl2N3O2S2/c1-24-9-4-20-17(25)22-7-5-21(6-8-22)16(23)15-14(19)12-3-2-11(18)10-13(12)26-15/h2-3,10H,4-9H2,1H3,(H,20,25). The summed E-state index contributed by atoms with van der Waals surface area (Å²) in [5.74, 6) is -0.0368. The summed E-state index contributed by atoms with van der Waals surface area (Å²) >= 11 is 19.3. The number of nitrogens with zero attached hydrogens (tertiary/aromatic N) is 2. The number of ether oxygens (including phenoxy) is 1. The number of piperazine rings is 1. The number of benzene rings is 1. The quantitative estimate of drug-likeness (QED) is 0.592. The van der Waals surface area contributed by atoms with Gasteiger partial charge in [-0.1, -0.05) is 29.3 Å². The summed E-state index contributed by atoms with van der Waals surface area (Å²) in [5, 5.41) is 5.87. The van der Waals surface area contributed by atoms with Gasteiger partial charge in [0.1, 0.15) is 4.88 Å². The number of halogens is 2. The topological polar surface area (TPSA) is 44.8 Å². The van der Waals surface area contributed by atoms with Crippen molar-refractivity contribution in [3.8, 4) is 0 Å². The van der Waals surface area contributed by atoms with Crippen LogP contribution in [0.25, 0.3) is 10.1 Å². The van der Waals surface area contributed by atoms with Crippen molar-refractivity contribution in [2.75, 3.05) is 46.4 Å². The molecule has 1 N–H and O–H groups in total. The molecule has 0 spiro atoms. The molecule has 0 unspecified atom stereocenters. The third kappa shape index (κ3) is 4.23. The lowest BCUT2D eigenvalue weighted by Crippen LogP contribution is -2.53. The summed E-state index contributed by atoms with van der Waals surface area (Å²) in [6.45, 7) is 3.88. The van der Waals surface area contributed by atoms with Gasteiger partial charge in [-0.25, -0.2) is 0 Å². The Morgan fingerprint density at radius 1 is 1.27 bits per heavy atom. The Kier molecular flexibility index (Phi) is 6.58. The normalized spacial score (nSPS) is 14.7. The Morgan fingerprint density at radius 2 is 1.96 bits per heavy atom. The van der Waals surface area contributed by atoms with Crippen molar-refractivity contribution in [2.24, 2.45) is 0 Å². The van der Waals surface area contributed by atoms with Gasteiger partial charge in [-0.2, -0.15) is 0 Å². The molecule has 1 amide bonds. The van der Waals surface area contributed by atoms with Crippen molar-refractivity contribution < 1.29 is 9.53 Å². The molecule has 0 bridgehead atoms. The van der Waals surface area contributed by atoms with Crippen LogP contribution in [0.1, 0.15) is 9.67 Å². The molecule has 1 aromatic carbocycles. The van der Waals surface area contributed by atoms with E-state index in [-0.39, 0.29) is 5.91 Å². The van der Waals surface area contributed by atoms with Crippen LogP contribution < -0.4 is 5.32 Å². The first-order valence-electron chi connectivity index (χ1n) is 8.20. The maximum absolute atomic E-state index is 12.9. The molecule has 9 heteroatoms. The fraction of sp³-hybridized carbons (Fsp3) is 0.412. The number of thiophene rings is 1. The molecule has 26 heavy (non-hydrogen) atoms. The van der Waals surface area contributed by atoms with E-state index in [2.05, 4.69) is 10.2 Å². The van der Waals surface area contributed by atoms with Crippen LogP contribution in [0.5, 0.6) is 0 Å². The van der Waals surface area contributed by atoms with Crippen LogP contribution in [0.3, 0.4) is 0 Å². The van der Waals surface area contributed by atoms with Gasteiger partial charge >= 0.3 is 0 Å².